The molecule has 2 aliphatic heterocycles. The van der Waals surface area contributed by atoms with Crippen LogP contribution in [0.15, 0.2) is 24.3 Å². The minimum atomic E-state index is 0.390. The van der Waals surface area contributed by atoms with E-state index < -0.39 is 0 Å². The van der Waals surface area contributed by atoms with Crippen molar-refractivity contribution in [3.8, 4) is 11.5 Å². The molecule has 0 bridgehead atoms. The van der Waals surface area contributed by atoms with Gasteiger partial charge in [-0.05, 0) is 37.7 Å². The molecule has 22 heavy (non-hydrogen) atoms. The number of hydrogen-bond acceptors (Lipinski definition) is 5. The van der Waals surface area contributed by atoms with E-state index in [0.29, 0.717) is 12.1 Å². The van der Waals surface area contributed by atoms with Crippen molar-refractivity contribution >= 4 is 0 Å². The molecular weight excluding hydrogens is 280 g/mol. The predicted molar refractivity (Wildman–Crippen MR) is 85.7 cm³/mol. The molecule has 2 fully saturated rings. The van der Waals surface area contributed by atoms with E-state index in [1.165, 1.54) is 0 Å². The van der Waals surface area contributed by atoms with E-state index >= 15 is 0 Å². The number of fused-ring (bicyclic) bond motifs is 1. The van der Waals surface area contributed by atoms with Gasteiger partial charge >= 0.3 is 0 Å². The fourth-order valence-corrected chi connectivity index (χ4v) is 3.27. The zero-order valence-electron chi connectivity index (χ0n) is 13.5. The lowest BCUT2D eigenvalue weighted by Crippen LogP contribution is -2.48. The Hall–Kier alpha value is -1.30. The minimum absolute atomic E-state index is 0.390. The molecule has 0 saturated carbocycles. The van der Waals surface area contributed by atoms with E-state index in [-0.39, 0.29) is 0 Å². The Morgan fingerprint density at radius 2 is 1.95 bits per heavy atom. The van der Waals surface area contributed by atoms with Crippen LogP contribution in [0.5, 0.6) is 11.5 Å². The molecule has 3 rings (SSSR count). The van der Waals surface area contributed by atoms with Crippen LogP contribution in [0.1, 0.15) is 6.42 Å². The molecule has 0 unspecified atom stereocenters. The number of ether oxygens (including phenoxy) is 3. The van der Waals surface area contributed by atoms with E-state index in [1.54, 1.807) is 7.11 Å². The monoisotopic (exact) mass is 306 g/mol. The summed E-state index contributed by atoms with van der Waals surface area (Å²) in [7, 11) is 3.88. The fraction of sp³-hybridized carbons (Fsp3) is 0.647. The highest BCUT2D eigenvalue weighted by Gasteiger charge is 2.37. The Labute approximate surface area is 132 Å². The quantitative estimate of drug-likeness (QED) is 0.744. The first-order valence-electron chi connectivity index (χ1n) is 8.07. The number of morpholine rings is 1. The topological polar surface area (TPSA) is 34.2 Å². The average molecular weight is 306 g/mol. The Morgan fingerprint density at radius 1 is 1.18 bits per heavy atom. The molecule has 2 saturated heterocycles. The number of likely N-dealkylation sites (N-methyl/N-ethyl adjacent to an activating group) is 1. The molecule has 2 atom stereocenters. The van der Waals surface area contributed by atoms with Crippen molar-refractivity contribution in [3.05, 3.63) is 24.3 Å². The molecule has 0 aromatic heterocycles. The predicted octanol–water partition coefficient (Wildman–Crippen LogP) is 1.48. The van der Waals surface area contributed by atoms with Crippen LogP contribution in [0, 0.1) is 0 Å². The molecule has 2 aliphatic rings. The SMILES string of the molecule is COc1ccc(OCCCN2C[C@@H]3OCCN(C)[C@@H]3C2)cc1. The van der Waals surface area contributed by atoms with E-state index in [0.717, 1.165) is 57.3 Å². The number of methoxy groups -OCH3 is 1. The van der Waals surface area contributed by atoms with Gasteiger partial charge in [0.1, 0.15) is 11.5 Å². The number of nitrogens with zero attached hydrogens (tertiary/aromatic N) is 2. The first kappa shape index (κ1) is 15.6. The molecular formula is C17H26N2O3. The zero-order chi connectivity index (χ0) is 15.4. The van der Waals surface area contributed by atoms with Gasteiger partial charge in [-0.15, -0.1) is 0 Å². The number of benzene rings is 1. The van der Waals surface area contributed by atoms with Crippen molar-refractivity contribution in [3.63, 3.8) is 0 Å². The maximum atomic E-state index is 5.87. The summed E-state index contributed by atoms with van der Waals surface area (Å²) in [6.45, 7) is 5.90. The number of likely N-dealkylation sites (tertiary alicyclic amines) is 1. The standard InChI is InChI=1S/C17H26N2O3/c1-18-9-11-22-17-13-19(12-16(17)18)8-3-10-21-15-6-4-14(20-2)5-7-15/h4-7,16-17H,3,8-13H2,1-2H3/t16-,17+/m1/s1. The van der Waals surface area contributed by atoms with Crippen LogP contribution in [0.2, 0.25) is 0 Å². The Balaban J connectivity index is 1.36. The summed E-state index contributed by atoms with van der Waals surface area (Å²) in [5, 5.41) is 0. The smallest absolute Gasteiger partial charge is 0.119 e. The maximum Gasteiger partial charge on any atom is 0.119 e. The summed E-state index contributed by atoms with van der Waals surface area (Å²) < 4.78 is 16.8. The normalized spacial score (nSPS) is 25.9. The van der Waals surface area contributed by atoms with Crippen LogP contribution in [0.3, 0.4) is 0 Å². The van der Waals surface area contributed by atoms with Gasteiger partial charge in [-0.25, -0.2) is 0 Å². The summed E-state index contributed by atoms with van der Waals surface area (Å²) in [4.78, 5) is 4.93. The van der Waals surface area contributed by atoms with Crippen molar-refractivity contribution in [1.82, 2.24) is 9.80 Å². The van der Waals surface area contributed by atoms with E-state index in [4.69, 9.17) is 14.2 Å². The Bertz CT molecular complexity index is 465. The number of rotatable bonds is 6. The second-order valence-corrected chi connectivity index (χ2v) is 6.09. The Kier molecular flexibility index (Phi) is 5.18. The van der Waals surface area contributed by atoms with Crippen LogP contribution in [-0.2, 0) is 4.74 Å². The van der Waals surface area contributed by atoms with Crippen molar-refractivity contribution in [2.75, 3.05) is 53.6 Å². The molecule has 2 heterocycles. The molecule has 0 spiro atoms. The maximum absolute atomic E-state index is 5.87. The van der Waals surface area contributed by atoms with Gasteiger partial charge < -0.3 is 14.2 Å². The summed E-state index contributed by atoms with van der Waals surface area (Å²) in [5.41, 5.74) is 0. The van der Waals surface area contributed by atoms with Crippen LogP contribution in [0.4, 0.5) is 0 Å². The van der Waals surface area contributed by atoms with Gasteiger partial charge in [-0.2, -0.15) is 0 Å². The van der Waals surface area contributed by atoms with Crippen LogP contribution < -0.4 is 9.47 Å². The van der Waals surface area contributed by atoms with Crippen LogP contribution >= 0.6 is 0 Å². The molecule has 5 heteroatoms. The lowest BCUT2D eigenvalue weighted by atomic mass is 10.1. The third kappa shape index (κ3) is 3.72. The second kappa shape index (κ2) is 7.31. The minimum Gasteiger partial charge on any atom is -0.497 e. The highest BCUT2D eigenvalue weighted by atomic mass is 16.5. The molecule has 0 aliphatic carbocycles. The average Bonchev–Trinajstić information content (AvgIpc) is 2.97. The van der Waals surface area contributed by atoms with Crippen molar-refractivity contribution in [2.24, 2.45) is 0 Å². The molecule has 122 valence electrons. The first-order chi connectivity index (χ1) is 10.8. The largest absolute Gasteiger partial charge is 0.497 e. The van der Waals surface area contributed by atoms with Gasteiger partial charge in [0, 0.05) is 32.2 Å². The first-order valence-corrected chi connectivity index (χ1v) is 8.07. The van der Waals surface area contributed by atoms with Gasteiger partial charge in [0.05, 0.1) is 26.4 Å². The van der Waals surface area contributed by atoms with Gasteiger partial charge in [-0.3, -0.25) is 9.80 Å². The van der Waals surface area contributed by atoms with Gasteiger partial charge in [0.2, 0.25) is 0 Å². The summed E-state index contributed by atoms with van der Waals surface area (Å²) in [5.74, 6) is 1.76. The Morgan fingerprint density at radius 3 is 2.68 bits per heavy atom. The fourth-order valence-electron chi connectivity index (χ4n) is 3.27. The summed E-state index contributed by atoms with van der Waals surface area (Å²) >= 11 is 0. The number of hydrogen-bond donors (Lipinski definition) is 0. The summed E-state index contributed by atoms with van der Waals surface area (Å²) in [6, 6.07) is 8.32. The lowest BCUT2D eigenvalue weighted by molar-refractivity contribution is -0.0369. The van der Waals surface area contributed by atoms with E-state index in [1.807, 2.05) is 24.3 Å². The molecule has 0 N–H and O–H groups in total. The lowest BCUT2D eigenvalue weighted by Gasteiger charge is -2.33. The van der Waals surface area contributed by atoms with Crippen molar-refractivity contribution in [1.29, 1.82) is 0 Å². The zero-order valence-corrected chi connectivity index (χ0v) is 13.5. The van der Waals surface area contributed by atoms with Gasteiger partial charge in [0.15, 0.2) is 0 Å². The van der Waals surface area contributed by atoms with E-state index in [2.05, 4.69) is 16.8 Å². The molecule has 0 radical (unpaired) electrons. The molecule has 1 aromatic carbocycles. The van der Waals surface area contributed by atoms with Crippen molar-refractivity contribution in [2.45, 2.75) is 18.6 Å². The van der Waals surface area contributed by atoms with Crippen LogP contribution in [0.25, 0.3) is 0 Å². The summed E-state index contributed by atoms with van der Waals surface area (Å²) in [6.07, 6.45) is 1.43. The van der Waals surface area contributed by atoms with Gasteiger partial charge in [0.25, 0.3) is 0 Å². The highest BCUT2D eigenvalue weighted by Crippen LogP contribution is 2.22. The van der Waals surface area contributed by atoms with E-state index in [9.17, 15) is 0 Å². The van der Waals surface area contributed by atoms with Gasteiger partial charge in [-0.1, -0.05) is 0 Å². The van der Waals surface area contributed by atoms with Crippen LogP contribution in [-0.4, -0.2) is 75.5 Å². The third-order valence-corrected chi connectivity index (χ3v) is 4.60. The highest BCUT2D eigenvalue weighted by molar-refractivity contribution is 5.31. The molecule has 0 amide bonds. The molecule has 1 aromatic rings. The second-order valence-electron chi connectivity index (χ2n) is 6.09. The van der Waals surface area contributed by atoms with Crippen molar-refractivity contribution < 1.29 is 14.2 Å². The molecule has 5 nitrogen and oxygen atoms in total. The third-order valence-electron chi connectivity index (χ3n) is 4.60.